The van der Waals surface area contributed by atoms with E-state index in [1.165, 1.54) is 5.69 Å². The van der Waals surface area contributed by atoms with E-state index in [4.69, 9.17) is 14.7 Å². The van der Waals surface area contributed by atoms with Crippen LogP contribution in [0.5, 0.6) is 0 Å². The quantitative estimate of drug-likeness (QED) is 0.430. The maximum absolute atomic E-state index is 11.4. The second-order valence-corrected chi connectivity index (χ2v) is 10.4. The van der Waals surface area contributed by atoms with Crippen LogP contribution in [0.3, 0.4) is 0 Å². The summed E-state index contributed by atoms with van der Waals surface area (Å²) in [6, 6.07) is 11.2. The summed E-state index contributed by atoms with van der Waals surface area (Å²) in [5.74, 6) is 1.53. The van der Waals surface area contributed by atoms with Crippen molar-refractivity contribution in [1.82, 2.24) is 15.3 Å². The van der Waals surface area contributed by atoms with Crippen molar-refractivity contribution in [2.75, 3.05) is 35.7 Å². The van der Waals surface area contributed by atoms with Crippen molar-refractivity contribution in [2.45, 2.75) is 63.6 Å². The van der Waals surface area contributed by atoms with E-state index in [0.717, 1.165) is 73.3 Å². The number of nitrogens with one attached hydrogen (secondary N) is 3. The molecule has 9 heteroatoms. The van der Waals surface area contributed by atoms with Gasteiger partial charge >= 0.3 is 0 Å². The van der Waals surface area contributed by atoms with E-state index in [1.54, 1.807) is 25.4 Å². The van der Waals surface area contributed by atoms with Gasteiger partial charge in [-0.25, -0.2) is 4.98 Å². The highest BCUT2D eigenvalue weighted by Gasteiger charge is 2.23. The van der Waals surface area contributed by atoms with Crippen LogP contribution in [0.15, 0.2) is 35.7 Å². The maximum Gasteiger partial charge on any atom is 0.229 e. The Morgan fingerprint density at radius 3 is 2.40 bits per heavy atom. The Labute approximate surface area is 210 Å². The van der Waals surface area contributed by atoms with Gasteiger partial charge in [0.15, 0.2) is 0 Å². The normalized spacial score (nSPS) is 21.1. The fourth-order valence-corrected chi connectivity index (χ4v) is 5.90. The number of rotatable bonds is 7. The zero-order chi connectivity index (χ0) is 24.2. The molecule has 35 heavy (non-hydrogen) atoms. The summed E-state index contributed by atoms with van der Waals surface area (Å²) < 4.78 is 6.57. The van der Waals surface area contributed by atoms with Gasteiger partial charge in [0.2, 0.25) is 11.9 Å². The van der Waals surface area contributed by atoms with Crippen molar-refractivity contribution in [2.24, 2.45) is 0 Å². The van der Waals surface area contributed by atoms with Crippen molar-refractivity contribution < 1.29 is 9.53 Å². The second-order valence-electron chi connectivity index (χ2n) is 9.52. The average Bonchev–Trinajstić information content (AvgIpc) is 3.35. The molecule has 3 heterocycles. The first-order valence-electron chi connectivity index (χ1n) is 12.5. The Hall–Kier alpha value is -2.91. The first-order valence-corrected chi connectivity index (χ1v) is 13.4. The lowest BCUT2D eigenvalue weighted by atomic mass is 9.91. The monoisotopic (exact) mass is 494 g/mol. The fourth-order valence-electron chi connectivity index (χ4n) is 5.11. The van der Waals surface area contributed by atoms with Gasteiger partial charge in [0.25, 0.3) is 0 Å². The Morgan fingerprint density at radius 1 is 1.00 bits per heavy atom. The minimum absolute atomic E-state index is 0.0527. The number of piperidine rings is 1. The zero-order valence-corrected chi connectivity index (χ0v) is 21.2. The van der Waals surface area contributed by atoms with Gasteiger partial charge in [-0.15, -0.1) is 11.3 Å². The molecular formula is C26H34N6O2S. The number of hydrogen-bond acceptors (Lipinski definition) is 8. The lowest BCUT2D eigenvalue weighted by molar-refractivity contribution is -0.119. The molecule has 186 valence electrons. The molecule has 0 unspecified atom stereocenters. The van der Waals surface area contributed by atoms with Crippen LogP contribution in [0.2, 0.25) is 0 Å². The van der Waals surface area contributed by atoms with Crippen LogP contribution in [0, 0.1) is 0 Å². The van der Waals surface area contributed by atoms with Gasteiger partial charge in [0.05, 0.1) is 16.3 Å². The molecule has 1 amide bonds. The third kappa shape index (κ3) is 5.85. The van der Waals surface area contributed by atoms with Crippen LogP contribution in [0.25, 0.3) is 10.2 Å². The Morgan fingerprint density at radius 2 is 1.71 bits per heavy atom. The summed E-state index contributed by atoms with van der Waals surface area (Å²) in [5.41, 5.74) is 3.15. The lowest BCUT2D eigenvalue weighted by Crippen LogP contribution is -2.39. The van der Waals surface area contributed by atoms with E-state index in [1.807, 2.05) is 6.07 Å². The molecule has 0 bridgehead atoms. The molecule has 5 rings (SSSR count). The van der Waals surface area contributed by atoms with E-state index < -0.39 is 0 Å². The summed E-state index contributed by atoms with van der Waals surface area (Å²) in [7, 11) is 1.80. The molecule has 1 saturated heterocycles. The summed E-state index contributed by atoms with van der Waals surface area (Å²) in [6.07, 6.45) is 6.49. The van der Waals surface area contributed by atoms with Crippen LogP contribution in [-0.2, 0) is 9.53 Å². The first-order chi connectivity index (χ1) is 17.1. The second kappa shape index (κ2) is 10.8. The molecular weight excluding hydrogens is 460 g/mol. The van der Waals surface area contributed by atoms with Crippen LogP contribution in [-0.4, -0.2) is 54.3 Å². The Bertz CT molecular complexity index is 1130. The summed E-state index contributed by atoms with van der Waals surface area (Å²) >= 11 is 1.66. The van der Waals surface area contributed by atoms with Crippen molar-refractivity contribution in [3.63, 3.8) is 0 Å². The number of anilines is 4. The van der Waals surface area contributed by atoms with Crippen LogP contribution in [0.4, 0.5) is 23.1 Å². The third-order valence-corrected chi connectivity index (χ3v) is 7.95. The van der Waals surface area contributed by atoms with Gasteiger partial charge in [-0.1, -0.05) is 0 Å². The van der Waals surface area contributed by atoms with Crippen molar-refractivity contribution in [1.29, 1.82) is 0 Å². The number of aromatic nitrogens is 2. The topological polar surface area (TPSA) is 91.4 Å². The van der Waals surface area contributed by atoms with E-state index in [2.05, 4.69) is 50.5 Å². The molecule has 1 aromatic carbocycles. The van der Waals surface area contributed by atoms with Crippen LogP contribution in [0.1, 0.15) is 45.4 Å². The predicted molar refractivity (Wildman–Crippen MR) is 143 cm³/mol. The molecule has 3 aromatic rings. The summed E-state index contributed by atoms with van der Waals surface area (Å²) in [5, 5.41) is 12.2. The maximum atomic E-state index is 11.4. The number of hydrogen-bond donors (Lipinski definition) is 3. The third-order valence-electron chi connectivity index (χ3n) is 7.04. The van der Waals surface area contributed by atoms with Crippen LogP contribution < -0.4 is 20.9 Å². The van der Waals surface area contributed by atoms with Gasteiger partial charge in [-0.3, -0.25) is 4.79 Å². The minimum atomic E-state index is 0.0527. The van der Waals surface area contributed by atoms with E-state index in [9.17, 15) is 4.79 Å². The summed E-state index contributed by atoms with van der Waals surface area (Å²) in [6.45, 7) is 3.63. The molecule has 1 aliphatic heterocycles. The zero-order valence-electron chi connectivity index (χ0n) is 20.4. The van der Waals surface area contributed by atoms with E-state index in [-0.39, 0.29) is 11.9 Å². The molecule has 1 aliphatic carbocycles. The van der Waals surface area contributed by atoms with Gasteiger partial charge < -0.3 is 25.6 Å². The molecule has 2 aromatic heterocycles. The van der Waals surface area contributed by atoms with Gasteiger partial charge in [0.1, 0.15) is 5.82 Å². The molecule has 1 saturated carbocycles. The van der Waals surface area contributed by atoms with Crippen molar-refractivity contribution in [3.8, 4) is 0 Å². The van der Waals surface area contributed by atoms with Crippen molar-refractivity contribution >= 4 is 50.6 Å². The van der Waals surface area contributed by atoms with Gasteiger partial charge in [-0.05, 0) is 74.2 Å². The number of benzene rings is 1. The highest BCUT2D eigenvalue weighted by atomic mass is 32.1. The van der Waals surface area contributed by atoms with Gasteiger partial charge in [-0.2, -0.15) is 4.98 Å². The molecule has 2 fully saturated rings. The smallest absolute Gasteiger partial charge is 0.229 e. The highest BCUT2D eigenvalue weighted by Crippen LogP contribution is 2.31. The highest BCUT2D eigenvalue weighted by molar-refractivity contribution is 7.17. The average molecular weight is 495 g/mol. The number of thiophene rings is 1. The number of carbonyl (C=O) groups is 1. The van der Waals surface area contributed by atoms with E-state index >= 15 is 0 Å². The fraction of sp³-hybridized carbons (Fsp3) is 0.500. The molecule has 2 aliphatic rings. The predicted octanol–water partition coefficient (Wildman–Crippen LogP) is 4.91. The largest absolute Gasteiger partial charge is 0.381 e. The Balaban J connectivity index is 1.24. The molecule has 8 nitrogen and oxygen atoms in total. The molecule has 0 atom stereocenters. The Kier molecular flexibility index (Phi) is 7.34. The number of amides is 1. The minimum Gasteiger partial charge on any atom is -0.381 e. The standard InChI is InChI=1S/C26H34N6O2S/c1-17(33)27-18-3-5-19(6-4-18)28-25-24-23(13-16-35-24)30-26(31-25)29-20-7-9-21(10-8-20)32-14-11-22(34-2)12-15-32/h7-10,13,16,18-19,22H,3-6,11-12,14-15H2,1-2H3,(H,27,33)(H2,28,29,30,31). The van der Waals surface area contributed by atoms with Gasteiger partial charge in [0, 0.05) is 50.6 Å². The molecule has 0 spiro atoms. The lowest BCUT2D eigenvalue weighted by Gasteiger charge is -2.33. The van der Waals surface area contributed by atoms with Crippen LogP contribution >= 0.6 is 11.3 Å². The van der Waals surface area contributed by atoms with E-state index in [0.29, 0.717) is 18.1 Å². The SMILES string of the molecule is COC1CCN(c2ccc(Nc3nc(NC4CCC(NC(C)=O)CC4)c4sccc4n3)cc2)CC1. The molecule has 3 N–H and O–H groups in total. The number of ether oxygens (including phenoxy) is 1. The summed E-state index contributed by atoms with van der Waals surface area (Å²) in [4.78, 5) is 23.3. The number of fused-ring (bicyclic) bond motifs is 1. The number of carbonyl (C=O) groups excluding carboxylic acids is 1. The molecule has 0 radical (unpaired) electrons. The van der Waals surface area contributed by atoms with Crippen molar-refractivity contribution in [3.05, 3.63) is 35.7 Å². The number of methoxy groups -OCH3 is 1. The number of nitrogens with zero attached hydrogens (tertiary/aromatic N) is 3. The first kappa shape index (κ1) is 23.8.